The van der Waals surface area contributed by atoms with Gasteiger partial charge in [0, 0.05) is 12.8 Å². The fourth-order valence-corrected chi connectivity index (χ4v) is 6.55. The number of aliphatic hydroxyl groups is 1. The molecule has 0 aromatic heterocycles. The molecule has 0 aliphatic carbocycles. The Kier molecular flexibility index (Phi) is 36.3. The van der Waals surface area contributed by atoms with E-state index >= 15 is 0 Å². The zero-order valence-electron chi connectivity index (χ0n) is 32.9. The van der Waals surface area contributed by atoms with Crippen LogP contribution in [0.25, 0.3) is 0 Å². The van der Waals surface area contributed by atoms with Crippen molar-refractivity contribution in [3.8, 4) is 0 Å². The molecule has 0 saturated heterocycles. The Morgan fingerprint density at radius 1 is 0.458 bits per heavy atom. The van der Waals surface area contributed by atoms with E-state index in [1.807, 2.05) is 6.92 Å². The van der Waals surface area contributed by atoms with E-state index in [1.54, 1.807) is 6.92 Å². The Morgan fingerprint density at radius 2 is 0.750 bits per heavy atom. The third-order valence-electron chi connectivity index (χ3n) is 10.2. The number of hydrogen-bond donors (Lipinski definition) is 1. The van der Waals surface area contributed by atoms with E-state index in [2.05, 4.69) is 13.8 Å². The van der Waals surface area contributed by atoms with Crippen molar-refractivity contribution < 1.29 is 24.2 Å². The standard InChI is InChI=1S/C43H84O5/c1-5-7-9-11-13-15-17-19-21-23-25-27-29-31-33-35-42(45)47-38-41(37-39(3)40(4)44)48-43(46)36-34-32-30-28-26-24-22-20-18-16-14-12-10-8-6-2/h39-41,44H,5-38H2,1-4H3. The fraction of sp³-hybridized carbons (Fsp3) is 0.953. The zero-order valence-corrected chi connectivity index (χ0v) is 32.9. The maximum absolute atomic E-state index is 12.6. The molecule has 0 saturated carbocycles. The first-order valence-corrected chi connectivity index (χ1v) is 21.4. The summed E-state index contributed by atoms with van der Waals surface area (Å²) in [5.41, 5.74) is 0. The molecule has 0 aliphatic rings. The van der Waals surface area contributed by atoms with Crippen LogP contribution in [-0.4, -0.2) is 35.9 Å². The predicted molar refractivity (Wildman–Crippen MR) is 205 cm³/mol. The van der Waals surface area contributed by atoms with E-state index in [0.29, 0.717) is 19.3 Å². The maximum Gasteiger partial charge on any atom is 0.306 e. The average Bonchev–Trinajstić information content (AvgIpc) is 3.07. The Morgan fingerprint density at radius 3 is 1.06 bits per heavy atom. The van der Waals surface area contributed by atoms with Crippen LogP contribution in [0.1, 0.15) is 240 Å². The van der Waals surface area contributed by atoms with E-state index < -0.39 is 12.2 Å². The third-order valence-corrected chi connectivity index (χ3v) is 10.2. The van der Waals surface area contributed by atoms with Gasteiger partial charge in [-0.25, -0.2) is 0 Å². The molecular formula is C43H84O5. The van der Waals surface area contributed by atoms with Crippen LogP contribution in [-0.2, 0) is 19.1 Å². The fourth-order valence-electron chi connectivity index (χ4n) is 6.55. The largest absolute Gasteiger partial charge is 0.462 e. The Balaban J connectivity index is 3.89. The third kappa shape index (κ3) is 34.8. The molecule has 0 rings (SSSR count). The number of hydrogen-bond acceptors (Lipinski definition) is 5. The van der Waals surface area contributed by atoms with Crippen LogP contribution < -0.4 is 0 Å². The lowest BCUT2D eigenvalue weighted by atomic mass is 9.99. The molecule has 0 bridgehead atoms. The highest BCUT2D eigenvalue weighted by atomic mass is 16.6. The predicted octanol–water partition coefficient (Wildman–Crippen LogP) is 13.4. The molecule has 286 valence electrons. The van der Waals surface area contributed by atoms with Crippen molar-refractivity contribution in [2.45, 2.75) is 252 Å². The van der Waals surface area contributed by atoms with Crippen LogP contribution in [0.3, 0.4) is 0 Å². The van der Waals surface area contributed by atoms with E-state index in [0.717, 1.165) is 25.7 Å². The van der Waals surface area contributed by atoms with E-state index in [-0.39, 0.29) is 24.5 Å². The topological polar surface area (TPSA) is 72.8 Å². The molecule has 0 aromatic rings. The maximum atomic E-state index is 12.6. The van der Waals surface area contributed by atoms with Crippen LogP contribution in [0, 0.1) is 5.92 Å². The summed E-state index contributed by atoms with van der Waals surface area (Å²) in [6.07, 6.45) is 39.2. The zero-order chi connectivity index (χ0) is 35.3. The van der Waals surface area contributed by atoms with Gasteiger partial charge < -0.3 is 14.6 Å². The number of carbonyl (C=O) groups excluding carboxylic acids is 2. The van der Waals surface area contributed by atoms with Gasteiger partial charge in [0.15, 0.2) is 0 Å². The Bertz CT molecular complexity index is 678. The molecule has 0 heterocycles. The van der Waals surface area contributed by atoms with Crippen molar-refractivity contribution in [3.05, 3.63) is 0 Å². The molecule has 1 N–H and O–H groups in total. The Labute approximate surface area is 299 Å². The number of carbonyl (C=O) groups is 2. The van der Waals surface area contributed by atoms with E-state index in [4.69, 9.17) is 9.47 Å². The molecule has 5 heteroatoms. The van der Waals surface area contributed by atoms with Crippen LogP contribution in [0.4, 0.5) is 0 Å². The molecular weight excluding hydrogens is 596 g/mol. The highest BCUT2D eigenvalue weighted by Gasteiger charge is 2.22. The summed E-state index contributed by atoms with van der Waals surface area (Å²) in [5, 5.41) is 9.99. The van der Waals surface area contributed by atoms with Gasteiger partial charge in [-0.1, -0.05) is 201 Å². The van der Waals surface area contributed by atoms with Crippen LogP contribution in [0.5, 0.6) is 0 Å². The average molecular weight is 681 g/mol. The minimum absolute atomic E-state index is 0.0390. The first-order chi connectivity index (χ1) is 23.4. The van der Waals surface area contributed by atoms with Gasteiger partial charge in [0.25, 0.3) is 0 Å². The van der Waals surface area contributed by atoms with Crippen LogP contribution in [0.15, 0.2) is 0 Å². The van der Waals surface area contributed by atoms with Gasteiger partial charge in [-0.3, -0.25) is 9.59 Å². The first-order valence-electron chi connectivity index (χ1n) is 21.4. The number of rotatable bonds is 38. The van der Waals surface area contributed by atoms with E-state index in [1.165, 1.54) is 167 Å². The number of ether oxygens (including phenoxy) is 2. The second-order valence-electron chi connectivity index (χ2n) is 15.1. The summed E-state index contributed by atoms with van der Waals surface area (Å²) in [5.74, 6) is -0.466. The van der Waals surface area contributed by atoms with Gasteiger partial charge in [-0.2, -0.15) is 0 Å². The minimum atomic E-state index is -0.502. The summed E-state index contributed by atoms with van der Waals surface area (Å²) in [7, 11) is 0. The number of aliphatic hydroxyl groups excluding tert-OH is 1. The van der Waals surface area contributed by atoms with Gasteiger partial charge in [0.2, 0.25) is 0 Å². The molecule has 3 unspecified atom stereocenters. The lowest BCUT2D eigenvalue weighted by Gasteiger charge is -2.23. The molecule has 0 aromatic carbocycles. The van der Waals surface area contributed by atoms with Crippen LogP contribution >= 0.6 is 0 Å². The lowest BCUT2D eigenvalue weighted by molar-refractivity contribution is -0.160. The summed E-state index contributed by atoms with van der Waals surface area (Å²) in [4.78, 5) is 25.0. The normalized spacial score (nSPS) is 13.4. The van der Waals surface area contributed by atoms with Crippen molar-refractivity contribution in [2.24, 2.45) is 5.92 Å². The van der Waals surface area contributed by atoms with Gasteiger partial charge in [0.05, 0.1) is 6.10 Å². The lowest BCUT2D eigenvalue weighted by Crippen LogP contribution is -2.29. The summed E-state index contributed by atoms with van der Waals surface area (Å²) < 4.78 is 11.3. The molecule has 0 amide bonds. The van der Waals surface area contributed by atoms with Gasteiger partial charge in [0.1, 0.15) is 12.7 Å². The van der Waals surface area contributed by atoms with Crippen molar-refractivity contribution in [2.75, 3.05) is 6.61 Å². The molecule has 0 radical (unpaired) electrons. The Hall–Kier alpha value is -1.10. The smallest absolute Gasteiger partial charge is 0.306 e. The molecule has 0 fully saturated rings. The van der Waals surface area contributed by atoms with Gasteiger partial charge >= 0.3 is 11.9 Å². The van der Waals surface area contributed by atoms with Gasteiger partial charge in [-0.05, 0) is 32.1 Å². The highest BCUT2D eigenvalue weighted by molar-refractivity contribution is 5.70. The number of unbranched alkanes of at least 4 members (excludes halogenated alkanes) is 28. The molecule has 0 aliphatic heterocycles. The summed E-state index contributed by atoms with van der Waals surface area (Å²) in [6.45, 7) is 8.32. The van der Waals surface area contributed by atoms with Crippen molar-refractivity contribution >= 4 is 11.9 Å². The minimum Gasteiger partial charge on any atom is -0.462 e. The van der Waals surface area contributed by atoms with E-state index in [9.17, 15) is 14.7 Å². The summed E-state index contributed by atoms with van der Waals surface area (Å²) >= 11 is 0. The van der Waals surface area contributed by atoms with Crippen molar-refractivity contribution in [3.63, 3.8) is 0 Å². The van der Waals surface area contributed by atoms with Gasteiger partial charge in [-0.15, -0.1) is 0 Å². The quantitative estimate of drug-likeness (QED) is 0.0519. The van der Waals surface area contributed by atoms with Crippen LogP contribution in [0.2, 0.25) is 0 Å². The van der Waals surface area contributed by atoms with Crippen molar-refractivity contribution in [1.82, 2.24) is 0 Å². The monoisotopic (exact) mass is 681 g/mol. The highest BCUT2D eigenvalue weighted by Crippen LogP contribution is 2.18. The second kappa shape index (κ2) is 37.2. The number of esters is 2. The van der Waals surface area contributed by atoms with Crippen molar-refractivity contribution in [1.29, 1.82) is 0 Å². The SMILES string of the molecule is CCCCCCCCCCCCCCCCCC(=O)OCC(CC(C)C(C)O)OC(=O)CCCCCCCCCCCCCCCCC. The second-order valence-corrected chi connectivity index (χ2v) is 15.1. The first kappa shape index (κ1) is 46.9. The molecule has 48 heavy (non-hydrogen) atoms. The molecule has 5 nitrogen and oxygen atoms in total. The molecule has 0 spiro atoms. The molecule has 3 atom stereocenters. The summed E-state index contributed by atoms with van der Waals surface area (Å²) in [6, 6.07) is 0.